The highest BCUT2D eigenvalue weighted by Crippen LogP contribution is 2.17. The number of nitrogens with one attached hydrogen (secondary N) is 1. The first-order valence-electron chi connectivity index (χ1n) is 9.74. The Balaban J connectivity index is 1.77. The van der Waals surface area contributed by atoms with Crippen molar-refractivity contribution in [2.24, 2.45) is 0 Å². The van der Waals surface area contributed by atoms with Gasteiger partial charge in [0.05, 0.1) is 6.10 Å². The first-order chi connectivity index (χ1) is 13.0. The molecule has 0 unspecified atom stereocenters. The second kappa shape index (κ2) is 10.6. The molecule has 27 heavy (non-hydrogen) atoms. The van der Waals surface area contributed by atoms with E-state index < -0.39 is 6.10 Å². The number of amides is 1. The summed E-state index contributed by atoms with van der Waals surface area (Å²) in [6.45, 7) is 8.63. The number of carbonyl (C=O) groups is 1. The zero-order valence-corrected chi connectivity index (χ0v) is 16.8. The van der Waals surface area contributed by atoms with Gasteiger partial charge in [0.25, 0.3) is 5.91 Å². The van der Waals surface area contributed by atoms with Crippen LogP contribution in [0.5, 0.6) is 11.5 Å². The van der Waals surface area contributed by atoms with Crippen molar-refractivity contribution in [3.63, 3.8) is 0 Å². The number of ether oxygens (including phenoxy) is 2. The van der Waals surface area contributed by atoms with E-state index in [4.69, 9.17) is 9.47 Å². The molecule has 0 radical (unpaired) electrons. The minimum absolute atomic E-state index is 0.0594. The highest BCUT2D eigenvalue weighted by Gasteiger charge is 2.17. The summed E-state index contributed by atoms with van der Waals surface area (Å²) in [6.07, 6.45) is 2.10. The summed E-state index contributed by atoms with van der Waals surface area (Å²) in [5.41, 5.74) is 2.33. The highest BCUT2D eigenvalue weighted by atomic mass is 16.5. The van der Waals surface area contributed by atoms with Crippen LogP contribution in [0.1, 0.15) is 44.7 Å². The topological polar surface area (TPSA) is 47.6 Å². The third-order valence-electron chi connectivity index (χ3n) is 4.14. The van der Waals surface area contributed by atoms with Crippen molar-refractivity contribution in [3.8, 4) is 11.5 Å². The van der Waals surface area contributed by atoms with Gasteiger partial charge in [-0.25, -0.2) is 0 Å². The Bertz CT molecular complexity index is 727. The maximum Gasteiger partial charge on any atom is 0.261 e. The zero-order valence-electron chi connectivity index (χ0n) is 16.8. The Morgan fingerprint density at radius 1 is 1.04 bits per heavy atom. The number of aryl methyl sites for hydroxylation is 2. The van der Waals surface area contributed by atoms with E-state index in [2.05, 4.69) is 17.4 Å². The van der Waals surface area contributed by atoms with Crippen LogP contribution in [-0.2, 0) is 11.2 Å². The van der Waals surface area contributed by atoms with Crippen LogP contribution >= 0.6 is 0 Å². The molecular formula is C23H31NO3. The van der Waals surface area contributed by atoms with Crippen molar-refractivity contribution < 1.29 is 14.3 Å². The van der Waals surface area contributed by atoms with E-state index >= 15 is 0 Å². The van der Waals surface area contributed by atoms with E-state index in [1.165, 1.54) is 5.56 Å². The van der Waals surface area contributed by atoms with E-state index in [1.807, 2.05) is 64.1 Å². The Labute approximate surface area is 162 Å². The molecule has 1 atom stereocenters. The maximum absolute atomic E-state index is 12.4. The van der Waals surface area contributed by atoms with Crippen LogP contribution in [0.2, 0.25) is 0 Å². The van der Waals surface area contributed by atoms with Crippen LogP contribution in [0.4, 0.5) is 0 Å². The van der Waals surface area contributed by atoms with E-state index in [1.54, 1.807) is 0 Å². The minimum Gasteiger partial charge on any atom is -0.491 e. The van der Waals surface area contributed by atoms with E-state index in [-0.39, 0.29) is 12.0 Å². The van der Waals surface area contributed by atoms with Crippen LogP contribution in [0, 0.1) is 6.92 Å². The molecule has 0 aliphatic rings. The van der Waals surface area contributed by atoms with Crippen LogP contribution < -0.4 is 14.8 Å². The number of hydrogen-bond donors (Lipinski definition) is 1. The van der Waals surface area contributed by atoms with Gasteiger partial charge in [-0.3, -0.25) is 4.79 Å². The third-order valence-corrected chi connectivity index (χ3v) is 4.14. The van der Waals surface area contributed by atoms with Crippen molar-refractivity contribution in [1.82, 2.24) is 5.32 Å². The smallest absolute Gasteiger partial charge is 0.261 e. The lowest BCUT2D eigenvalue weighted by atomic mass is 10.1. The molecule has 0 saturated carbocycles. The summed E-state index contributed by atoms with van der Waals surface area (Å²) in [5.74, 6) is 1.57. The molecule has 0 aromatic heterocycles. The predicted octanol–water partition coefficient (Wildman–Crippen LogP) is 4.69. The number of rotatable bonds is 10. The molecule has 0 saturated heterocycles. The lowest BCUT2D eigenvalue weighted by Crippen LogP contribution is -2.38. The van der Waals surface area contributed by atoms with Crippen LogP contribution in [0.25, 0.3) is 0 Å². The molecule has 0 spiro atoms. The second-order valence-corrected chi connectivity index (χ2v) is 7.04. The van der Waals surface area contributed by atoms with Gasteiger partial charge in [-0.2, -0.15) is 0 Å². The molecular weight excluding hydrogens is 338 g/mol. The highest BCUT2D eigenvalue weighted by molar-refractivity contribution is 5.81. The van der Waals surface area contributed by atoms with Gasteiger partial charge in [0.15, 0.2) is 6.10 Å². The molecule has 0 bridgehead atoms. The number of benzene rings is 2. The van der Waals surface area contributed by atoms with Crippen molar-refractivity contribution in [3.05, 3.63) is 59.7 Å². The molecule has 146 valence electrons. The van der Waals surface area contributed by atoms with Crippen LogP contribution in [0.3, 0.4) is 0 Å². The summed E-state index contributed by atoms with van der Waals surface area (Å²) in [6, 6.07) is 15.9. The molecule has 2 aromatic carbocycles. The molecule has 1 N–H and O–H groups in total. The molecule has 0 heterocycles. The summed E-state index contributed by atoms with van der Waals surface area (Å²) < 4.78 is 11.6. The maximum atomic E-state index is 12.4. The molecule has 2 rings (SSSR count). The average molecular weight is 370 g/mol. The first kappa shape index (κ1) is 20.8. The van der Waals surface area contributed by atoms with Gasteiger partial charge in [-0.1, -0.05) is 31.2 Å². The zero-order chi connectivity index (χ0) is 19.6. The fraction of sp³-hybridized carbons (Fsp3) is 0.435. The van der Waals surface area contributed by atoms with E-state index in [0.29, 0.717) is 13.0 Å². The Hall–Kier alpha value is -2.49. The molecule has 0 aliphatic heterocycles. The van der Waals surface area contributed by atoms with E-state index in [0.717, 1.165) is 29.9 Å². The lowest BCUT2D eigenvalue weighted by Gasteiger charge is -2.17. The summed E-state index contributed by atoms with van der Waals surface area (Å²) in [4.78, 5) is 12.4. The lowest BCUT2D eigenvalue weighted by molar-refractivity contribution is -0.128. The minimum atomic E-state index is -0.463. The van der Waals surface area contributed by atoms with Crippen LogP contribution in [-0.4, -0.2) is 24.7 Å². The molecule has 0 fully saturated rings. The summed E-state index contributed by atoms with van der Waals surface area (Å²) in [5, 5.41) is 2.99. The van der Waals surface area contributed by atoms with E-state index in [9.17, 15) is 4.79 Å². The summed E-state index contributed by atoms with van der Waals surface area (Å²) in [7, 11) is 0. The molecule has 4 heteroatoms. The second-order valence-electron chi connectivity index (χ2n) is 7.04. The van der Waals surface area contributed by atoms with Gasteiger partial charge >= 0.3 is 0 Å². The van der Waals surface area contributed by atoms with Crippen molar-refractivity contribution >= 4 is 5.91 Å². The molecule has 2 aromatic rings. The van der Waals surface area contributed by atoms with Crippen LogP contribution in [0.15, 0.2) is 48.5 Å². The van der Waals surface area contributed by atoms with Gasteiger partial charge in [-0.15, -0.1) is 0 Å². The van der Waals surface area contributed by atoms with Gasteiger partial charge in [0.2, 0.25) is 0 Å². The van der Waals surface area contributed by atoms with Gasteiger partial charge in [-0.05, 0) is 75.4 Å². The fourth-order valence-electron chi connectivity index (χ4n) is 2.84. The fourth-order valence-corrected chi connectivity index (χ4v) is 2.84. The quantitative estimate of drug-likeness (QED) is 0.618. The Morgan fingerprint density at radius 2 is 1.74 bits per heavy atom. The van der Waals surface area contributed by atoms with Gasteiger partial charge < -0.3 is 14.8 Å². The molecule has 1 amide bonds. The van der Waals surface area contributed by atoms with Crippen molar-refractivity contribution in [2.45, 2.75) is 59.2 Å². The number of hydrogen-bond acceptors (Lipinski definition) is 3. The normalized spacial score (nSPS) is 11.9. The first-order valence-corrected chi connectivity index (χ1v) is 9.74. The van der Waals surface area contributed by atoms with Gasteiger partial charge in [0.1, 0.15) is 11.5 Å². The Kier molecular flexibility index (Phi) is 8.18. The Morgan fingerprint density at radius 3 is 2.41 bits per heavy atom. The summed E-state index contributed by atoms with van der Waals surface area (Å²) >= 11 is 0. The number of carbonyl (C=O) groups excluding carboxylic acids is 1. The van der Waals surface area contributed by atoms with Gasteiger partial charge in [0, 0.05) is 6.54 Å². The monoisotopic (exact) mass is 369 g/mol. The largest absolute Gasteiger partial charge is 0.491 e. The van der Waals surface area contributed by atoms with Crippen molar-refractivity contribution in [2.75, 3.05) is 6.54 Å². The molecule has 4 nitrogen and oxygen atoms in total. The average Bonchev–Trinajstić information content (AvgIpc) is 2.63. The SMILES string of the molecule is CC[C@H](Oc1cccc(C)c1)C(=O)NCCCc1cccc(OC(C)C)c1. The van der Waals surface area contributed by atoms with Crippen molar-refractivity contribution in [1.29, 1.82) is 0 Å². The predicted molar refractivity (Wildman–Crippen MR) is 109 cm³/mol. The standard InChI is InChI=1S/C23H31NO3/c1-5-22(27-20-12-6-9-18(4)15-20)23(25)24-14-8-11-19-10-7-13-21(16-19)26-17(2)3/h6-7,9-10,12-13,15-17,22H,5,8,11,14H2,1-4H3,(H,24,25)/t22-/m0/s1. The molecule has 0 aliphatic carbocycles. The third kappa shape index (κ3) is 7.33.